The average Bonchev–Trinajstić information content (AvgIpc) is 3.68. The van der Waals surface area contributed by atoms with Crippen LogP contribution >= 0.6 is 0 Å². The van der Waals surface area contributed by atoms with Crippen LogP contribution in [0.5, 0.6) is 0 Å². The number of rotatable bonds is 58. The molecule has 0 spiro atoms. The van der Waals surface area contributed by atoms with Crippen molar-refractivity contribution in [2.45, 2.75) is 346 Å². The molecule has 480 valence electrons. The van der Waals surface area contributed by atoms with E-state index in [9.17, 15) is 35.1 Å². The highest BCUT2D eigenvalue weighted by atomic mass is 16.7. The van der Waals surface area contributed by atoms with Gasteiger partial charge in [0.05, 0.1) is 25.4 Å². The molecule has 11 nitrogen and oxygen atoms in total. The van der Waals surface area contributed by atoms with Crippen molar-refractivity contribution in [3.63, 3.8) is 0 Å². The van der Waals surface area contributed by atoms with Crippen molar-refractivity contribution in [3.05, 3.63) is 85.1 Å². The first-order valence-electron chi connectivity index (χ1n) is 34.4. The number of aliphatic hydroxyl groups excluding tert-OH is 5. The molecule has 83 heavy (non-hydrogen) atoms. The van der Waals surface area contributed by atoms with E-state index in [0.29, 0.717) is 19.3 Å². The second kappa shape index (κ2) is 59.2. The molecular formula is C72H127NO10. The number of hydrogen-bond donors (Lipinski definition) is 6. The standard InChI is InChI=1S/C72H127NO10/c1-4-7-10-13-16-19-22-24-26-28-29-30-31-32-33-34-35-36-37-38-40-42-45-48-51-54-57-60-67(77)83-70-69(79)68(78)66(61-74)82-72(70)81-62-63(64(75)58-55-52-49-46-43-21-18-15-12-9-6-3)73-71(80)65(76)59-56-53-50-47-44-41-39-27-25-23-20-17-14-11-8-5-2/h7,10,16,19,24,26,29-30,32-33,35-36,55,58,63-66,68-70,72,74-76,78-79H,4-6,8-9,11-15,17-18,20-23,25,27-28,31,34,37-54,56-57,59-62H2,1-3H3,(H,73,80)/b10-7-,19-16-,26-24-,30-29-,33-32-,36-35-,58-55+. The van der Waals surface area contributed by atoms with Crippen LogP contribution in [0, 0.1) is 0 Å². The van der Waals surface area contributed by atoms with Crippen molar-refractivity contribution < 1.29 is 49.3 Å². The summed E-state index contributed by atoms with van der Waals surface area (Å²) in [5.74, 6) is -1.20. The largest absolute Gasteiger partial charge is 0.454 e. The third-order valence-electron chi connectivity index (χ3n) is 15.8. The first-order chi connectivity index (χ1) is 40.7. The Morgan fingerprint density at radius 3 is 1.30 bits per heavy atom. The van der Waals surface area contributed by atoms with Gasteiger partial charge in [-0.3, -0.25) is 9.59 Å². The summed E-state index contributed by atoms with van der Waals surface area (Å²) in [6.07, 6.45) is 67.6. The fraction of sp³-hybridized carbons (Fsp3) is 0.778. The number of amides is 1. The first kappa shape index (κ1) is 77.9. The summed E-state index contributed by atoms with van der Waals surface area (Å²) in [6, 6.07) is -1.03. The Morgan fingerprint density at radius 2 is 0.867 bits per heavy atom. The van der Waals surface area contributed by atoms with E-state index in [1.54, 1.807) is 6.08 Å². The van der Waals surface area contributed by atoms with Gasteiger partial charge in [-0.25, -0.2) is 0 Å². The highest BCUT2D eigenvalue weighted by molar-refractivity contribution is 5.80. The van der Waals surface area contributed by atoms with Crippen LogP contribution in [0.25, 0.3) is 0 Å². The predicted octanol–water partition coefficient (Wildman–Crippen LogP) is 17.3. The van der Waals surface area contributed by atoms with E-state index in [2.05, 4.69) is 99.0 Å². The summed E-state index contributed by atoms with van der Waals surface area (Å²) in [6.45, 7) is 5.69. The molecule has 0 aromatic carbocycles. The van der Waals surface area contributed by atoms with E-state index in [-0.39, 0.29) is 13.0 Å². The molecule has 8 unspecified atom stereocenters. The van der Waals surface area contributed by atoms with Crippen molar-refractivity contribution >= 4 is 11.9 Å². The minimum absolute atomic E-state index is 0.111. The zero-order valence-corrected chi connectivity index (χ0v) is 53.3. The molecule has 0 saturated carbocycles. The number of carbonyl (C=O) groups excluding carboxylic acids is 2. The minimum atomic E-state index is -1.62. The van der Waals surface area contributed by atoms with Crippen LogP contribution in [0.1, 0.15) is 297 Å². The molecule has 0 bridgehead atoms. The van der Waals surface area contributed by atoms with Crippen LogP contribution in [-0.4, -0.2) is 99.6 Å². The molecule has 1 saturated heterocycles. The Hall–Kier alpha value is -3.16. The number of nitrogens with one attached hydrogen (secondary N) is 1. The minimum Gasteiger partial charge on any atom is -0.454 e. The predicted molar refractivity (Wildman–Crippen MR) is 347 cm³/mol. The van der Waals surface area contributed by atoms with Gasteiger partial charge in [0.25, 0.3) is 0 Å². The van der Waals surface area contributed by atoms with E-state index in [1.165, 1.54) is 141 Å². The normalized spacial score (nSPS) is 19.1. The Bertz CT molecular complexity index is 1670. The molecule has 1 aliphatic rings. The summed E-state index contributed by atoms with van der Waals surface area (Å²) in [5.41, 5.74) is 0. The molecule has 1 amide bonds. The number of carbonyl (C=O) groups is 2. The quantitative estimate of drug-likeness (QED) is 0.0195. The molecule has 0 radical (unpaired) electrons. The maximum Gasteiger partial charge on any atom is 0.306 e. The maximum absolute atomic E-state index is 13.4. The van der Waals surface area contributed by atoms with Crippen molar-refractivity contribution in [2.75, 3.05) is 13.2 Å². The van der Waals surface area contributed by atoms with E-state index in [0.717, 1.165) is 109 Å². The fourth-order valence-corrected chi connectivity index (χ4v) is 10.4. The topological polar surface area (TPSA) is 175 Å². The molecule has 8 atom stereocenters. The van der Waals surface area contributed by atoms with Gasteiger partial charge in [-0.15, -0.1) is 0 Å². The average molecular weight is 1170 g/mol. The van der Waals surface area contributed by atoms with Gasteiger partial charge in [0.15, 0.2) is 12.4 Å². The number of esters is 1. The monoisotopic (exact) mass is 1170 g/mol. The summed E-state index contributed by atoms with van der Waals surface area (Å²) in [4.78, 5) is 26.6. The number of allylic oxidation sites excluding steroid dienone is 13. The molecule has 1 rings (SSSR count). The molecular weight excluding hydrogens is 1040 g/mol. The summed E-state index contributed by atoms with van der Waals surface area (Å²) >= 11 is 0. The van der Waals surface area contributed by atoms with Gasteiger partial charge in [-0.1, -0.05) is 298 Å². The van der Waals surface area contributed by atoms with E-state index < -0.39 is 67.4 Å². The molecule has 0 aromatic rings. The first-order valence-corrected chi connectivity index (χ1v) is 34.4. The molecule has 6 N–H and O–H groups in total. The van der Waals surface area contributed by atoms with Crippen molar-refractivity contribution in [3.8, 4) is 0 Å². The van der Waals surface area contributed by atoms with Crippen molar-refractivity contribution in [2.24, 2.45) is 0 Å². The van der Waals surface area contributed by atoms with Gasteiger partial charge < -0.3 is 45.1 Å². The summed E-state index contributed by atoms with van der Waals surface area (Å²) < 4.78 is 17.7. The van der Waals surface area contributed by atoms with Crippen LogP contribution in [0.2, 0.25) is 0 Å². The molecule has 1 fully saturated rings. The zero-order chi connectivity index (χ0) is 60.3. The van der Waals surface area contributed by atoms with Crippen molar-refractivity contribution in [1.82, 2.24) is 5.32 Å². The van der Waals surface area contributed by atoms with Crippen LogP contribution < -0.4 is 5.32 Å². The zero-order valence-electron chi connectivity index (χ0n) is 53.3. The molecule has 11 heteroatoms. The van der Waals surface area contributed by atoms with Gasteiger partial charge in [0.1, 0.15) is 24.4 Å². The third-order valence-corrected chi connectivity index (χ3v) is 15.8. The number of aliphatic hydroxyl groups is 5. The van der Waals surface area contributed by atoms with Crippen LogP contribution in [0.4, 0.5) is 0 Å². The Kier molecular flexibility index (Phi) is 55.5. The van der Waals surface area contributed by atoms with E-state index in [4.69, 9.17) is 14.2 Å². The Balaban J connectivity index is 2.56. The lowest BCUT2D eigenvalue weighted by Crippen LogP contribution is -2.61. The molecule has 1 aliphatic heterocycles. The Labute approximate surface area is 508 Å². The lowest BCUT2D eigenvalue weighted by Gasteiger charge is -2.41. The molecule has 1 heterocycles. The number of unbranched alkanes of at least 4 members (excludes halogenated alkanes) is 32. The van der Waals surface area contributed by atoms with Crippen LogP contribution in [0.3, 0.4) is 0 Å². The number of ether oxygens (including phenoxy) is 3. The van der Waals surface area contributed by atoms with Crippen LogP contribution in [0.15, 0.2) is 85.1 Å². The van der Waals surface area contributed by atoms with Gasteiger partial charge in [0.2, 0.25) is 5.91 Å². The maximum atomic E-state index is 13.4. The van der Waals surface area contributed by atoms with Gasteiger partial charge in [-0.05, 0) is 77.0 Å². The SMILES string of the molecule is CC/C=C\C/C=C\C/C=C\C/C=C\C/C=C\C/C=C\CCCCCCCCCCC(=O)OC1C(OCC(NC(=O)C(O)CCCCCCCCCCCCCCCCCC)C(O)/C=C/CCCCCCCCCCC)OC(CO)C(O)C1O. The van der Waals surface area contributed by atoms with Gasteiger partial charge in [0, 0.05) is 6.42 Å². The highest BCUT2D eigenvalue weighted by Gasteiger charge is 2.47. The second-order valence-electron chi connectivity index (χ2n) is 23.5. The van der Waals surface area contributed by atoms with Gasteiger partial charge >= 0.3 is 5.97 Å². The van der Waals surface area contributed by atoms with E-state index >= 15 is 0 Å². The highest BCUT2D eigenvalue weighted by Crippen LogP contribution is 2.26. The smallest absolute Gasteiger partial charge is 0.306 e. The van der Waals surface area contributed by atoms with Crippen LogP contribution in [-0.2, 0) is 23.8 Å². The van der Waals surface area contributed by atoms with Crippen molar-refractivity contribution in [1.29, 1.82) is 0 Å². The molecule has 0 aliphatic carbocycles. The third kappa shape index (κ3) is 46.7. The lowest BCUT2D eigenvalue weighted by molar-refractivity contribution is -0.305. The molecule has 0 aromatic heterocycles. The number of hydrogen-bond acceptors (Lipinski definition) is 10. The Morgan fingerprint density at radius 1 is 0.482 bits per heavy atom. The summed E-state index contributed by atoms with van der Waals surface area (Å²) in [5, 5.41) is 57.1. The fourth-order valence-electron chi connectivity index (χ4n) is 10.4. The van der Waals surface area contributed by atoms with E-state index in [1.807, 2.05) is 6.08 Å². The lowest BCUT2D eigenvalue weighted by atomic mass is 9.99. The second-order valence-corrected chi connectivity index (χ2v) is 23.5. The van der Waals surface area contributed by atoms with Gasteiger partial charge in [-0.2, -0.15) is 0 Å². The summed E-state index contributed by atoms with van der Waals surface area (Å²) in [7, 11) is 0.